The van der Waals surface area contributed by atoms with Crippen LogP contribution in [0.2, 0.25) is 0 Å². The summed E-state index contributed by atoms with van der Waals surface area (Å²) in [6.45, 7) is 2.58. The fourth-order valence-corrected chi connectivity index (χ4v) is 3.36. The van der Waals surface area contributed by atoms with Crippen LogP contribution in [-0.2, 0) is 4.79 Å². The lowest BCUT2D eigenvalue weighted by molar-refractivity contribution is -0.115. The third-order valence-electron chi connectivity index (χ3n) is 4.93. The highest BCUT2D eigenvalue weighted by Crippen LogP contribution is 2.28. The summed E-state index contributed by atoms with van der Waals surface area (Å²) in [7, 11) is 3.24. The largest absolute Gasteiger partial charge is 0.495 e. The molecule has 32 heavy (non-hydrogen) atoms. The first kappa shape index (κ1) is 25.6. The van der Waals surface area contributed by atoms with Crippen molar-refractivity contribution < 1.29 is 22.7 Å². The average Bonchev–Trinajstić information content (AvgIpc) is 2.80. The maximum absolute atomic E-state index is 13.7. The second-order valence-electron chi connectivity index (χ2n) is 6.82. The smallest absolute Gasteiger partial charge is 0.243 e. The van der Waals surface area contributed by atoms with Gasteiger partial charge in [-0.05, 0) is 24.3 Å². The Bertz CT molecular complexity index is 968. The van der Waals surface area contributed by atoms with Gasteiger partial charge < -0.3 is 25.2 Å². The molecule has 1 fully saturated rings. The van der Waals surface area contributed by atoms with Crippen molar-refractivity contribution in [2.75, 3.05) is 57.1 Å². The van der Waals surface area contributed by atoms with Crippen LogP contribution in [0.5, 0.6) is 5.75 Å². The van der Waals surface area contributed by atoms with Crippen LogP contribution in [0.3, 0.4) is 0 Å². The van der Waals surface area contributed by atoms with Gasteiger partial charge in [-0.1, -0.05) is 12.1 Å². The van der Waals surface area contributed by atoms with E-state index in [2.05, 4.69) is 20.5 Å². The van der Waals surface area contributed by atoms with Crippen LogP contribution in [0.25, 0.3) is 0 Å². The van der Waals surface area contributed by atoms with Crippen molar-refractivity contribution in [3.05, 3.63) is 53.8 Å². The summed E-state index contributed by atoms with van der Waals surface area (Å²) in [5, 5.41) is 5.14. The lowest BCUT2D eigenvalue weighted by Gasteiger charge is -2.38. The Hall–Kier alpha value is -2.70. The normalized spacial score (nSPS) is 14.0. The number of ether oxygens (including phenoxy) is 1. The molecule has 174 valence electrons. The number of hydrogen-bond donors (Lipinski definition) is 2. The highest BCUT2D eigenvalue weighted by Gasteiger charge is 2.22. The monoisotopic (exact) mass is 563 g/mol. The molecule has 0 spiro atoms. The molecule has 3 rings (SSSR count). The predicted octanol–water partition coefficient (Wildman–Crippen LogP) is 3.07. The maximum atomic E-state index is 13.7. The van der Waals surface area contributed by atoms with E-state index in [-0.39, 0.29) is 30.5 Å². The first-order valence-electron chi connectivity index (χ1n) is 9.71. The minimum Gasteiger partial charge on any atom is -0.495 e. The van der Waals surface area contributed by atoms with Gasteiger partial charge in [-0.25, -0.2) is 13.2 Å². The number of para-hydroxylation sites is 2. The average molecular weight is 563 g/mol. The van der Waals surface area contributed by atoms with Gasteiger partial charge in [0.25, 0.3) is 0 Å². The molecule has 0 unspecified atom stereocenters. The third kappa shape index (κ3) is 5.96. The number of halogens is 4. The van der Waals surface area contributed by atoms with Gasteiger partial charge in [-0.15, -0.1) is 24.0 Å². The number of carbonyl (C=O) groups is 1. The minimum absolute atomic E-state index is 0. The Morgan fingerprint density at radius 3 is 2.41 bits per heavy atom. The van der Waals surface area contributed by atoms with E-state index < -0.39 is 29.0 Å². The number of nitrogens with one attached hydrogen (secondary N) is 2. The minimum atomic E-state index is -1.63. The number of guanidine groups is 1. The van der Waals surface area contributed by atoms with Gasteiger partial charge in [-0.3, -0.25) is 9.79 Å². The van der Waals surface area contributed by atoms with Gasteiger partial charge in [0.1, 0.15) is 5.75 Å². The van der Waals surface area contributed by atoms with Gasteiger partial charge in [-0.2, -0.15) is 0 Å². The van der Waals surface area contributed by atoms with E-state index in [1.807, 2.05) is 29.2 Å². The molecule has 1 saturated heterocycles. The van der Waals surface area contributed by atoms with E-state index in [4.69, 9.17) is 4.74 Å². The second kappa shape index (κ2) is 11.8. The Balaban J connectivity index is 0.00000363. The Kier molecular flexibility index (Phi) is 9.42. The van der Waals surface area contributed by atoms with Crippen LogP contribution in [0.15, 0.2) is 41.4 Å². The first-order chi connectivity index (χ1) is 14.9. The van der Waals surface area contributed by atoms with Crippen molar-refractivity contribution >= 4 is 47.2 Å². The molecule has 2 aromatic rings. The standard InChI is InChI=1S/C21H24F3N5O2.HI/c1-25-21(26-13-18(30)27-15-8-7-14(22)19(23)20(15)24)29-11-9-28(10-12-29)16-5-3-4-6-17(16)31-2;/h3-8H,9-13H2,1-2H3,(H,25,26)(H,27,30);1H. The molecule has 7 nitrogen and oxygen atoms in total. The lowest BCUT2D eigenvalue weighted by Crippen LogP contribution is -2.53. The predicted molar refractivity (Wildman–Crippen MR) is 129 cm³/mol. The number of methoxy groups -OCH3 is 1. The van der Waals surface area contributed by atoms with E-state index in [0.29, 0.717) is 19.0 Å². The Morgan fingerprint density at radius 1 is 1.06 bits per heavy atom. The van der Waals surface area contributed by atoms with Crippen LogP contribution in [0.4, 0.5) is 24.5 Å². The van der Waals surface area contributed by atoms with Gasteiger partial charge in [0.2, 0.25) is 5.91 Å². The molecule has 1 amide bonds. The van der Waals surface area contributed by atoms with Gasteiger partial charge >= 0.3 is 0 Å². The number of amides is 1. The third-order valence-corrected chi connectivity index (χ3v) is 4.93. The SMILES string of the molecule is CN=C(NCC(=O)Nc1ccc(F)c(F)c1F)N1CCN(c2ccccc2OC)CC1.I. The van der Waals surface area contributed by atoms with Crippen LogP contribution in [0.1, 0.15) is 0 Å². The molecule has 11 heteroatoms. The van der Waals surface area contributed by atoms with Crippen molar-refractivity contribution in [2.24, 2.45) is 4.99 Å². The first-order valence-corrected chi connectivity index (χ1v) is 9.71. The molecule has 0 saturated carbocycles. The van der Waals surface area contributed by atoms with Crippen molar-refractivity contribution in [1.82, 2.24) is 10.2 Å². The van der Waals surface area contributed by atoms with Crippen molar-refractivity contribution in [3.8, 4) is 5.75 Å². The number of nitrogens with zero attached hydrogens (tertiary/aromatic N) is 3. The van der Waals surface area contributed by atoms with E-state index in [1.54, 1.807) is 14.2 Å². The van der Waals surface area contributed by atoms with E-state index in [0.717, 1.165) is 36.7 Å². The molecular formula is C21H25F3IN5O2. The zero-order valence-electron chi connectivity index (χ0n) is 17.7. The molecule has 1 aliphatic heterocycles. The summed E-state index contributed by atoms with van der Waals surface area (Å²) in [6.07, 6.45) is 0. The zero-order chi connectivity index (χ0) is 22.4. The number of aliphatic imine (C=N–C) groups is 1. The van der Waals surface area contributed by atoms with E-state index in [1.165, 1.54) is 0 Å². The highest BCUT2D eigenvalue weighted by atomic mass is 127. The molecule has 2 aromatic carbocycles. The maximum Gasteiger partial charge on any atom is 0.243 e. The molecule has 0 bridgehead atoms. The van der Waals surface area contributed by atoms with Crippen LogP contribution in [0, 0.1) is 17.5 Å². The number of rotatable bonds is 5. The number of piperazine rings is 1. The molecule has 0 radical (unpaired) electrons. The second-order valence-corrected chi connectivity index (χ2v) is 6.82. The van der Waals surface area contributed by atoms with Crippen molar-refractivity contribution in [3.63, 3.8) is 0 Å². The van der Waals surface area contributed by atoms with Crippen molar-refractivity contribution in [1.29, 1.82) is 0 Å². The molecule has 0 atom stereocenters. The topological polar surface area (TPSA) is 69.2 Å². The molecule has 0 aromatic heterocycles. The summed E-state index contributed by atoms with van der Waals surface area (Å²) in [5.41, 5.74) is 0.589. The summed E-state index contributed by atoms with van der Waals surface area (Å²) in [6, 6.07) is 9.51. The quantitative estimate of drug-likeness (QED) is 0.254. The Morgan fingerprint density at radius 2 is 1.75 bits per heavy atom. The van der Waals surface area contributed by atoms with Crippen LogP contribution in [-0.4, -0.2) is 63.6 Å². The van der Waals surface area contributed by atoms with Gasteiger partial charge in [0.05, 0.1) is 25.0 Å². The lowest BCUT2D eigenvalue weighted by atomic mass is 10.2. The van der Waals surface area contributed by atoms with Crippen LogP contribution < -0.4 is 20.3 Å². The number of anilines is 2. The summed E-state index contributed by atoms with van der Waals surface area (Å²) in [5.74, 6) is -3.68. The zero-order valence-corrected chi connectivity index (χ0v) is 20.0. The Labute approximate surface area is 201 Å². The van der Waals surface area contributed by atoms with Gasteiger partial charge in [0, 0.05) is 33.2 Å². The fraction of sp³-hybridized carbons (Fsp3) is 0.333. The number of benzene rings is 2. The number of carbonyl (C=O) groups excluding carboxylic acids is 1. The molecule has 0 aliphatic carbocycles. The summed E-state index contributed by atoms with van der Waals surface area (Å²) in [4.78, 5) is 20.5. The molecule has 1 aliphatic rings. The number of hydrogen-bond acceptors (Lipinski definition) is 4. The molecular weight excluding hydrogens is 538 g/mol. The molecule has 1 heterocycles. The van der Waals surface area contributed by atoms with Crippen LogP contribution >= 0.6 is 24.0 Å². The summed E-state index contributed by atoms with van der Waals surface area (Å²) < 4.78 is 45.4. The fourth-order valence-electron chi connectivity index (χ4n) is 3.36. The van der Waals surface area contributed by atoms with E-state index >= 15 is 0 Å². The van der Waals surface area contributed by atoms with Crippen molar-refractivity contribution in [2.45, 2.75) is 0 Å². The molecule has 2 N–H and O–H groups in total. The van der Waals surface area contributed by atoms with E-state index in [9.17, 15) is 18.0 Å². The summed E-state index contributed by atoms with van der Waals surface area (Å²) >= 11 is 0. The van der Waals surface area contributed by atoms with Gasteiger partial charge in [0.15, 0.2) is 23.4 Å². The highest BCUT2D eigenvalue weighted by molar-refractivity contribution is 14.0.